The van der Waals surface area contributed by atoms with Gasteiger partial charge >= 0.3 is 0 Å². The summed E-state index contributed by atoms with van der Waals surface area (Å²) in [6.45, 7) is 7.36. The van der Waals surface area contributed by atoms with Crippen molar-refractivity contribution in [3.63, 3.8) is 0 Å². The Labute approximate surface area is 145 Å². The maximum Gasteiger partial charge on any atom is 0.222 e. The number of hydrogen-bond acceptors (Lipinski definition) is 3. The summed E-state index contributed by atoms with van der Waals surface area (Å²) < 4.78 is 0.444. The fourth-order valence-electron chi connectivity index (χ4n) is 3.42. The molecule has 0 atom stereocenters. The van der Waals surface area contributed by atoms with Crippen LogP contribution in [-0.2, 0) is 4.79 Å². The van der Waals surface area contributed by atoms with Gasteiger partial charge in [-0.05, 0) is 12.8 Å². The Bertz CT molecular complexity index is 413. The molecule has 2 rings (SSSR count). The van der Waals surface area contributed by atoms with E-state index in [4.69, 9.17) is 0 Å². The third-order valence-corrected chi connectivity index (χ3v) is 6.29. The molecule has 0 bridgehead atoms. The van der Waals surface area contributed by atoms with Gasteiger partial charge < -0.3 is 15.5 Å². The summed E-state index contributed by atoms with van der Waals surface area (Å²) in [5, 5.41) is 6.35. The van der Waals surface area contributed by atoms with Gasteiger partial charge in [0.1, 0.15) is 0 Å². The quantitative estimate of drug-likeness (QED) is 0.467. The molecule has 2 fully saturated rings. The Kier molecular flexibility index (Phi) is 7.06. The largest absolute Gasteiger partial charge is 0.354 e. The van der Waals surface area contributed by atoms with E-state index in [1.54, 1.807) is 0 Å². The molecule has 132 valence electrons. The summed E-state index contributed by atoms with van der Waals surface area (Å²) in [6, 6.07) is 0. The van der Waals surface area contributed by atoms with E-state index in [9.17, 15) is 4.79 Å². The first-order chi connectivity index (χ1) is 11.1. The zero-order chi connectivity index (χ0) is 16.7. The molecule has 1 saturated carbocycles. The average Bonchev–Trinajstić information content (AvgIpc) is 2.55. The fourth-order valence-corrected chi connectivity index (χ4v) is 4.99. The number of carbonyl (C=O) groups is 1. The van der Waals surface area contributed by atoms with Crippen LogP contribution in [0.4, 0.5) is 0 Å². The van der Waals surface area contributed by atoms with Gasteiger partial charge in [0.25, 0.3) is 0 Å². The summed E-state index contributed by atoms with van der Waals surface area (Å²) in [7, 11) is 1.85. The second kappa shape index (κ2) is 8.81. The monoisotopic (exact) mass is 340 g/mol. The van der Waals surface area contributed by atoms with E-state index in [0.717, 1.165) is 25.6 Å². The zero-order valence-corrected chi connectivity index (χ0v) is 15.7. The molecule has 1 aliphatic heterocycles. The Morgan fingerprint density at radius 3 is 2.57 bits per heavy atom. The maximum absolute atomic E-state index is 11.6. The van der Waals surface area contributed by atoms with Crippen molar-refractivity contribution < 1.29 is 4.79 Å². The van der Waals surface area contributed by atoms with E-state index < -0.39 is 0 Å². The molecule has 0 aromatic rings. The highest BCUT2D eigenvalue weighted by Crippen LogP contribution is 2.42. The molecule has 1 amide bonds. The van der Waals surface area contributed by atoms with Gasteiger partial charge in [-0.25, -0.2) is 0 Å². The lowest BCUT2D eigenvalue weighted by Gasteiger charge is -2.45. The second-order valence-corrected chi connectivity index (χ2v) is 8.50. The van der Waals surface area contributed by atoms with Crippen molar-refractivity contribution in [3.05, 3.63) is 0 Å². The van der Waals surface area contributed by atoms with Crippen molar-refractivity contribution in [1.82, 2.24) is 15.5 Å². The number of rotatable bonds is 4. The van der Waals surface area contributed by atoms with E-state index in [1.807, 2.05) is 20.9 Å². The number of nitrogens with zero attached hydrogens (tertiary/aromatic N) is 2. The van der Waals surface area contributed by atoms with Crippen LogP contribution in [0.3, 0.4) is 0 Å². The SMILES string of the molecule is CN=C(NCCNC(=O)C(C)C)N1CCSC2(CCCCC2)C1. The molecule has 1 spiro atoms. The van der Waals surface area contributed by atoms with Crippen LogP contribution in [0.1, 0.15) is 46.0 Å². The number of aliphatic imine (C=N–C) groups is 1. The van der Waals surface area contributed by atoms with Crippen molar-refractivity contribution in [2.45, 2.75) is 50.7 Å². The van der Waals surface area contributed by atoms with Crippen molar-refractivity contribution in [1.29, 1.82) is 0 Å². The van der Waals surface area contributed by atoms with Crippen LogP contribution in [0.15, 0.2) is 4.99 Å². The first-order valence-corrected chi connectivity index (χ1v) is 9.92. The van der Waals surface area contributed by atoms with Crippen molar-refractivity contribution in [2.24, 2.45) is 10.9 Å². The highest BCUT2D eigenvalue weighted by molar-refractivity contribution is 8.00. The highest BCUT2D eigenvalue weighted by Gasteiger charge is 2.38. The minimum absolute atomic E-state index is 0.0413. The summed E-state index contributed by atoms with van der Waals surface area (Å²) in [5.41, 5.74) is 0. The molecule has 0 aromatic heterocycles. The molecule has 1 heterocycles. The second-order valence-electron chi connectivity index (χ2n) is 6.93. The lowest BCUT2D eigenvalue weighted by molar-refractivity contribution is -0.123. The van der Waals surface area contributed by atoms with Gasteiger partial charge in [-0.1, -0.05) is 33.1 Å². The van der Waals surface area contributed by atoms with E-state index in [0.29, 0.717) is 11.3 Å². The Morgan fingerprint density at radius 2 is 1.91 bits per heavy atom. The molecule has 1 aliphatic carbocycles. The lowest BCUT2D eigenvalue weighted by atomic mass is 9.87. The van der Waals surface area contributed by atoms with Gasteiger partial charge in [-0.3, -0.25) is 9.79 Å². The van der Waals surface area contributed by atoms with E-state index in [1.165, 1.54) is 37.9 Å². The molecule has 6 heteroatoms. The molecule has 0 aromatic carbocycles. The van der Waals surface area contributed by atoms with Crippen molar-refractivity contribution >= 4 is 23.6 Å². The summed E-state index contributed by atoms with van der Waals surface area (Å²) in [4.78, 5) is 18.4. The molecule has 1 saturated heterocycles. The van der Waals surface area contributed by atoms with Crippen molar-refractivity contribution in [3.8, 4) is 0 Å². The number of hydrogen-bond donors (Lipinski definition) is 2. The molecule has 23 heavy (non-hydrogen) atoms. The third-order valence-electron chi connectivity index (χ3n) is 4.76. The highest BCUT2D eigenvalue weighted by atomic mass is 32.2. The zero-order valence-electron chi connectivity index (χ0n) is 14.9. The Hall–Kier alpha value is -0.910. The first-order valence-electron chi connectivity index (χ1n) is 8.93. The molecular weight excluding hydrogens is 308 g/mol. The van der Waals surface area contributed by atoms with Crippen LogP contribution >= 0.6 is 11.8 Å². The van der Waals surface area contributed by atoms with Gasteiger partial charge in [0.15, 0.2) is 5.96 Å². The molecular formula is C17H32N4OS. The number of amides is 1. The van der Waals surface area contributed by atoms with Gasteiger partial charge in [0.2, 0.25) is 5.91 Å². The van der Waals surface area contributed by atoms with Gasteiger partial charge in [0, 0.05) is 49.6 Å². The minimum atomic E-state index is 0.0413. The number of guanidine groups is 1. The summed E-state index contributed by atoms with van der Waals surface area (Å²) in [6.07, 6.45) is 6.82. The predicted molar refractivity (Wildman–Crippen MR) is 99.1 cm³/mol. The van der Waals surface area contributed by atoms with Crippen molar-refractivity contribution in [2.75, 3.05) is 39.0 Å². The molecule has 2 N–H and O–H groups in total. The fraction of sp³-hybridized carbons (Fsp3) is 0.882. The van der Waals surface area contributed by atoms with Crippen LogP contribution in [-0.4, -0.2) is 60.5 Å². The maximum atomic E-state index is 11.6. The topological polar surface area (TPSA) is 56.7 Å². The van der Waals surface area contributed by atoms with E-state index in [-0.39, 0.29) is 11.8 Å². The standard InChI is InChI=1S/C17H32N4OS/c1-14(2)15(22)19-9-10-20-16(18-3)21-11-12-23-17(13-21)7-5-4-6-8-17/h14H,4-13H2,1-3H3,(H,18,20)(H,19,22). The average molecular weight is 341 g/mol. The van der Waals surface area contributed by atoms with Gasteiger partial charge in [-0.2, -0.15) is 11.8 Å². The summed E-state index contributed by atoms with van der Waals surface area (Å²) in [5.74, 6) is 2.32. The van der Waals surface area contributed by atoms with Crippen LogP contribution in [0.2, 0.25) is 0 Å². The number of nitrogens with one attached hydrogen (secondary N) is 2. The van der Waals surface area contributed by atoms with E-state index in [2.05, 4.69) is 32.3 Å². The number of thioether (sulfide) groups is 1. The number of carbonyl (C=O) groups excluding carboxylic acids is 1. The van der Waals surface area contributed by atoms with Crippen LogP contribution in [0.25, 0.3) is 0 Å². The summed E-state index contributed by atoms with van der Waals surface area (Å²) >= 11 is 2.17. The van der Waals surface area contributed by atoms with Crippen LogP contribution in [0, 0.1) is 5.92 Å². The molecule has 0 unspecified atom stereocenters. The predicted octanol–water partition coefficient (Wildman–Crippen LogP) is 2.09. The van der Waals surface area contributed by atoms with E-state index >= 15 is 0 Å². The Morgan fingerprint density at radius 1 is 1.22 bits per heavy atom. The van der Waals surface area contributed by atoms with Gasteiger partial charge in [-0.15, -0.1) is 0 Å². The third kappa shape index (κ3) is 5.30. The van der Waals surface area contributed by atoms with Gasteiger partial charge in [0.05, 0.1) is 0 Å². The lowest BCUT2D eigenvalue weighted by Crippen LogP contribution is -2.54. The van der Waals surface area contributed by atoms with Crippen LogP contribution in [0.5, 0.6) is 0 Å². The Balaban J connectivity index is 1.79. The first kappa shape index (κ1) is 18.4. The minimum Gasteiger partial charge on any atom is -0.354 e. The normalized spacial score (nSPS) is 21.6. The molecule has 5 nitrogen and oxygen atoms in total. The smallest absolute Gasteiger partial charge is 0.222 e. The molecule has 0 radical (unpaired) electrons. The molecule has 2 aliphatic rings. The van der Waals surface area contributed by atoms with Crippen LogP contribution < -0.4 is 10.6 Å².